The molecule has 2 aromatic rings. The van der Waals surface area contributed by atoms with Crippen molar-refractivity contribution in [2.24, 2.45) is 13.0 Å². The van der Waals surface area contributed by atoms with Gasteiger partial charge in [0.15, 0.2) is 0 Å². The summed E-state index contributed by atoms with van der Waals surface area (Å²) in [5.74, 6) is 1.14. The Bertz CT molecular complexity index is 707. The first-order valence-electron chi connectivity index (χ1n) is 8.76. The van der Waals surface area contributed by atoms with Crippen LogP contribution in [0.2, 0.25) is 0 Å². The van der Waals surface area contributed by atoms with E-state index in [1.165, 1.54) is 5.56 Å². The Morgan fingerprint density at radius 2 is 1.96 bits per heavy atom. The lowest BCUT2D eigenvalue weighted by Crippen LogP contribution is -2.38. The van der Waals surface area contributed by atoms with Crippen LogP contribution < -0.4 is 0 Å². The summed E-state index contributed by atoms with van der Waals surface area (Å²) in [5, 5.41) is 8.65. The second-order valence-corrected chi connectivity index (χ2v) is 7.23. The zero-order valence-electron chi connectivity index (χ0n) is 15.1. The van der Waals surface area contributed by atoms with Crippen molar-refractivity contribution in [3.63, 3.8) is 0 Å². The zero-order chi connectivity index (χ0) is 17.3. The average Bonchev–Trinajstić information content (AvgIpc) is 3.14. The van der Waals surface area contributed by atoms with Crippen LogP contribution in [0.4, 0.5) is 0 Å². The predicted molar refractivity (Wildman–Crippen MR) is 92.9 cm³/mol. The quantitative estimate of drug-likeness (QED) is 0.866. The minimum atomic E-state index is 0.118. The molecule has 2 aromatic heterocycles. The largest absolute Gasteiger partial charge is 0.338 e. The highest BCUT2D eigenvalue weighted by Gasteiger charge is 2.27. The molecule has 0 spiro atoms. The molecule has 1 aliphatic rings. The first kappa shape index (κ1) is 16.7. The maximum atomic E-state index is 12.8. The Labute approximate surface area is 143 Å². The number of piperidine rings is 1. The van der Waals surface area contributed by atoms with Crippen LogP contribution in [0.1, 0.15) is 54.2 Å². The zero-order valence-corrected chi connectivity index (χ0v) is 15.1. The van der Waals surface area contributed by atoms with Crippen molar-refractivity contribution in [2.75, 3.05) is 13.1 Å². The number of hydrogen-bond donors (Lipinski definition) is 0. The number of rotatable bonds is 4. The van der Waals surface area contributed by atoms with E-state index in [0.717, 1.165) is 43.7 Å². The summed E-state index contributed by atoms with van der Waals surface area (Å²) in [7, 11) is 1.94. The van der Waals surface area contributed by atoms with Crippen molar-refractivity contribution in [3.05, 3.63) is 35.4 Å². The summed E-state index contributed by atoms with van der Waals surface area (Å²) in [6.45, 7) is 8.76. The molecule has 3 heterocycles. The number of aromatic nitrogens is 4. The lowest BCUT2D eigenvalue weighted by molar-refractivity contribution is 0.0712. The Morgan fingerprint density at radius 3 is 2.54 bits per heavy atom. The Morgan fingerprint density at radius 1 is 1.25 bits per heavy atom. The van der Waals surface area contributed by atoms with E-state index in [9.17, 15) is 4.79 Å². The van der Waals surface area contributed by atoms with Crippen LogP contribution in [0.5, 0.6) is 0 Å². The number of amides is 1. The molecule has 0 radical (unpaired) electrons. The van der Waals surface area contributed by atoms with E-state index in [4.69, 9.17) is 0 Å². The van der Waals surface area contributed by atoms with E-state index in [0.29, 0.717) is 11.8 Å². The summed E-state index contributed by atoms with van der Waals surface area (Å²) >= 11 is 0. The van der Waals surface area contributed by atoms with Gasteiger partial charge in [-0.25, -0.2) is 0 Å². The third-order valence-corrected chi connectivity index (χ3v) is 4.85. The minimum absolute atomic E-state index is 0.118. The molecule has 6 nitrogen and oxygen atoms in total. The first-order valence-corrected chi connectivity index (χ1v) is 8.76. The molecule has 24 heavy (non-hydrogen) atoms. The van der Waals surface area contributed by atoms with Gasteiger partial charge < -0.3 is 4.90 Å². The lowest BCUT2D eigenvalue weighted by Gasteiger charge is -2.31. The van der Waals surface area contributed by atoms with Crippen molar-refractivity contribution in [1.82, 2.24) is 24.5 Å². The Hall–Kier alpha value is -2.11. The number of nitrogens with zero attached hydrogens (tertiary/aromatic N) is 5. The number of hydrogen-bond acceptors (Lipinski definition) is 3. The molecule has 0 atom stereocenters. The van der Waals surface area contributed by atoms with Gasteiger partial charge in [0.25, 0.3) is 5.91 Å². The molecular formula is C18H27N5O. The summed E-state index contributed by atoms with van der Waals surface area (Å²) < 4.78 is 3.79. The predicted octanol–water partition coefficient (Wildman–Crippen LogP) is 2.60. The molecule has 6 heteroatoms. The minimum Gasteiger partial charge on any atom is -0.338 e. The van der Waals surface area contributed by atoms with Gasteiger partial charge in [-0.05, 0) is 37.2 Å². The fourth-order valence-corrected chi connectivity index (χ4v) is 3.42. The van der Waals surface area contributed by atoms with Crippen LogP contribution in [0, 0.1) is 12.8 Å². The van der Waals surface area contributed by atoms with Crippen molar-refractivity contribution >= 4 is 5.91 Å². The first-order chi connectivity index (χ1) is 11.5. The van der Waals surface area contributed by atoms with Crippen LogP contribution in [-0.4, -0.2) is 43.5 Å². The maximum absolute atomic E-state index is 12.8. The Kier molecular flexibility index (Phi) is 4.73. The molecule has 130 valence electrons. The summed E-state index contributed by atoms with van der Waals surface area (Å²) in [4.78, 5) is 14.8. The second kappa shape index (κ2) is 6.79. The third kappa shape index (κ3) is 3.37. The van der Waals surface area contributed by atoms with Crippen LogP contribution >= 0.6 is 0 Å². The van der Waals surface area contributed by atoms with E-state index in [1.54, 1.807) is 6.20 Å². The van der Waals surface area contributed by atoms with Gasteiger partial charge in [-0.15, -0.1) is 0 Å². The monoisotopic (exact) mass is 329 g/mol. The molecule has 1 amide bonds. The summed E-state index contributed by atoms with van der Waals surface area (Å²) in [5.41, 5.74) is 3.00. The van der Waals surface area contributed by atoms with E-state index >= 15 is 0 Å². The van der Waals surface area contributed by atoms with Crippen LogP contribution in [0.25, 0.3) is 0 Å². The van der Waals surface area contributed by atoms with Crippen molar-refractivity contribution in [3.8, 4) is 0 Å². The molecule has 0 bridgehead atoms. The van der Waals surface area contributed by atoms with Crippen molar-refractivity contribution in [2.45, 2.75) is 46.1 Å². The van der Waals surface area contributed by atoms with Gasteiger partial charge >= 0.3 is 0 Å². The Balaban J connectivity index is 1.64. The molecular weight excluding hydrogens is 302 g/mol. The van der Waals surface area contributed by atoms with Crippen LogP contribution in [0.3, 0.4) is 0 Å². The number of aryl methyl sites for hydroxylation is 1. The molecule has 0 unspecified atom stereocenters. The van der Waals surface area contributed by atoms with Crippen molar-refractivity contribution in [1.29, 1.82) is 0 Å². The van der Waals surface area contributed by atoms with E-state index in [1.807, 2.05) is 34.4 Å². The summed E-state index contributed by atoms with van der Waals surface area (Å²) in [6.07, 6.45) is 7.75. The van der Waals surface area contributed by atoms with E-state index in [2.05, 4.69) is 30.2 Å². The molecule has 0 saturated carbocycles. The average molecular weight is 329 g/mol. The smallest absolute Gasteiger partial charge is 0.257 e. The molecule has 0 N–H and O–H groups in total. The van der Waals surface area contributed by atoms with Gasteiger partial charge in [-0.1, -0.05) is 13.8 Å². The molecule has 1 saturated heterocycles. The molecule has 1 fully saturated rings. The van der Waals surface area contributed by atoms with Gasteiger partial charge in [0.2, 0.25) is 0 Å². The highest BCUT2D eigenvalue weighted by atomic mass is 16.2. The maximum Gasteiger partial charge on any atom is 0.257 e. The van der Waals surface area contributed by atoms with Crippen LogP contribution in [0.15, 0.2) is 18.6 Å². The highest BCUT2D eigenvalue weighted by molar-refractivity contribution is 5.95. The topological polar surface area (TPSA) is 56.0 Å². The van der Waals surface area contributed by atoms with Gasteiger partial charge in [-0.2, -0.15) is 10.2 Å². The lowest BCUT2D eigenvalue weighted by atomic mass is 9.91. The van der Waals surface area contributed by atoms with Gasteiger partial charge in [0.05, 0.1) is 18.0 Å². The highest BCUT2D eigenvalue weighted by Crippen LogP contribution is 2.28. The number of likely N-dealkylation sites (tertiary alicyclic amines) is 1. The third-order valence-electron chi connectivity index (χ3n) is 4.85. The second-order valence-electron chi connectivity index (χ2n) is 7.23. The molecule has 1 aliphatic heterocycles. The fraction of sp³-hybridized carbons (Fsp3) is 0.611. The fourth-order valence-electron chi connectivity index (χ4n) is 3.42. The van der Waals surface area contributed by atoms with Crippen molar-refractivity contribution < 1.29 is 4.79 Å². The molecule has 0 aliphatic carbocycles. The number of carbonyl (C=O) groups excluding carboxylic acids is 1. The van der Waals surface area contributed by atoms with E-state index in [-0.39, 0.29) is 5.91 Å². The van der Waals surface area contributed by atoms with Gasteiger partial charge in [-0.3, -0.25) is 14.2 Å². The molecule has 3 rings (SSSR count). The molecule has 0 aromatic carbocycles. The normalized spacial score (nSPS) is 16.1. The van der Waals surface area contributed by atoms with E-state index < -0.39 is 0 Å². The standard InChI is InChI=1S/C18H27N5O/c1-13(2)11-23-14(3)17(10-20-23)18(24)22-7-5-15(6-8-22)16-9-19-21(4)12-16/h9-10,12-13,15H,5-8,11H2,1-4H3. The van der Waals surface area contributed by atoms with Gasteiger partial charge in [0.1, 0.15) is 0 Å². The summed E-state index contributed by atoms with van der Waals surface area (Å²) in [6, 6.07) is 0. The van der Waals surface area contributed by atoms with Crippen LogP contribution in [-0.2, 0) is 13.6 Å². The van der Waals surface area contributed by atoms with Gasteiger partial charge in [0, 0.05) is 38.6 Å². The SMILES string of the molecule is Cc1c(C(=O)N2CCC(c3cnn(C)c3)CC2)cnn1CC(C)C. The number of carbonyl (C=O) groups is 1.